The van der Waals surface area contributed by atoms with E-state index in [9.17, 15) is 4.79 Å². The summed E-state index contributed by atoms with van der Waals surface area (Å²) >= 11 is 7.03. The van der Waals surface area contributed by atoms with Crippen LogP contribution in [0, 0.1) is 0 Å². The standard InChI is InChI=1S/C12H14ClN5O2S/c1-20-9-2-3-17(6-9)8-4-11(19)18(14-5-8)7-10-12(13)21-16-15-10/h4-5,9H,2-3,6-7H2,1H3. The van der Waals surface area contributed by atoms with E-state index in [1.165, 1.54) is 4.68 Å². The molecule has 3 heterocycles. The van der Waals surface area contributed by atoms with E-state index in [1.54, 1.807) is 19.4 Å². The smallest absolute Gasteiger partial charge is 0.269 e. The van der Waals surface area contributed by atoms with E-state index >= 15 is 0 Å². The molecule has 7 nitrogen and oxygen atoms in total. The molecule has 1 unspecified atom stereocenters. The van der Waals surface area contributed by atoms with Gasteiger partial charge in [0.2, 0.25) is 0 Å². The number of methoxy groups -OCH3 is 1. The van der Waals surface area contributed by atoms with Crippen LogP contribution >= 0.6 is 23.1 Å². The van der Waals surface area contributed by atoms with Crippen molar-refractivity contribution in [2.24, 2.45) is 0 Å². The van der Waals surface area contributed by atoms with Crippen LogP contribution < -0.4 is 10.5 Å². The summed E-state index contributed by atoms with van der Waals surface area (Å²) in [6, 6.07) is 1.58. The van der Waals surface area contributed by atoms with E-state index in [2.05, 4.69) is 19.6 Å². The molecule has 9 heteroatoms. The van der Waals surface area contributed by atoms with Crippen molar-refractivity contribution in [3.05, 3.63) is 32.6 Å². The lowest BCUT2D eigenvalue weighted by atomic mass is 10.3. The van der Waals surface area contributed by atoms with Crippen molar-refractivity contribution in [3.63, 3.8) is 0 Å². The number of hydrogen-bond donors (Lipinski definition) is 0. The van der Waals surface area contributed by atoms with Crippen molar-refractivity contribution in [2.75, 3.05) is 25.1 Å². The van der Waals surface area contributed by atoms with Crippen LogP contribution in [0.5, 0.6) is 0 Å². The predicted octanol–water partition coefficient (Wildman–Crippen LogP) is 1.02. The normalized spacial score (nSPS) is 18.4. The minimum atomic E-state index is -0.183. The Morgan fingerprint density at radius 1 is 1.57 bits per heavy atom. The van der Waals surface area contributed by atoms with Crippen LogP contribution in [0.15, 0.2) is 17.1 Å². The highest BCUT2D eigenvalue weighted by Gasteiger charge is 2.23. The predicted molar refractivity (Wildman–Crippen MR) is 80.1 cm³/mol. The fourth-order valence-electron chi connectivity index (χ4n) is 2.30. The first kappa shape index (κ1) is 14.4. The Morgan fingerprint density at radius 2 is 2.43 bits per heavy atom. The third-order valence-corrected chi connectivity index (χ3v) is 4.49. The van der Waals surface area contributed by atoms with Crippen LogP contribution in [0.4, 0.5) is 5.69 Å². The van der Waals surface area contributed by atoms with Crippen LogP contribution in [0.1, 0.15) is 12.1 Å². The summed E-state index contributed by atoms with van der Waals surface area (Å²) in [6.07, 6.45) is 2.86. The van der Waals surface area contributed by atoms with E-state index in [-0.39, 0.29) is 18.2 Å². The molecule has 0 N–H and O–H groups in total. The van der Waals surface area contributed by atoms with Crippen molar-refractivity contribution in [1.82, 2.24) is 19.4 Å². The monoisotopic (exact) mass is 327 g/mol. The van der Waals surface area contributed by atoms with E-state index in [4.69, 9.17) is 16.3 Å². The molecule has 3 rings (SSSR count). The van der Waals surface area contributed by atoms with E-state index in [0.29, 0.717) is 10.0 Å². The van der Waals surface area contributed by atoms with Gasteiger partial charge in [0, 0.05) is 37.8 Å². The molecule has 1 aliphatic heterocycles. The lowest BCUT2D eigenvalue weighted by Crippen LogP contribution is -2.28. The maximum atomic E-state index is 12.1. The summed E-state index contributed by atoms with van der Waals surface area (Å²) in [5.74, 6) is 0. The average molecular weight is 328 g/mol. The first-order valence-electron chi connectivity index (χ1n) is 6.49. The Hall–Kier alpha value is -1.51. The van der Waals surface area contributed by atoms with Gasteiger partial charge in [0.05, 0.1) is 24.5 Å². The van der Waals surface area contributed by atoms with Gasteiger partial charge in [0.25, 0.3) is 5.56 Å². The van der Waals surface area contributed by atoms with Gasteiger partial charge in [0.1, 0.15) is 10.0 Å². The number of halogens is 1. The van der Waals surface area contributed by atoms with Gasteiger partial charge in [-0.3, -0.25) is 4.79 Å². The molecule has 21 heavy (non-hydrogen) atoms. The molecule has 0 radical (unpaired) electrons. The average Bonchev–Trinajstić information content (AvgIpc) is 3.10. The number of aromatic nitrogens is 4. The summed E-state index contributed by atoms with van der Waals surface area (Å²) in [4.78, 5) is 14.2. The second-order valence-corrected chi connectivity index (χ2v) is 6.15. The van der Waals surface area contributed by atoms with Crippen molar-refractivity contribution in [2.45, 2.75) is 19.1 Å². The fraction of sp³-hybridized carbons (Fsp3) is 0.500. The Labute approximate surface area is 130 Å². The number of nitrogens with zero attached hydrogens (tertiary/aromatic N) is 5. The molecule has 0 aromatic carbocycles. The van der Waals surface area contributed by atoms with E-state index in [1.807, 2.05) is 0 Å². The highest BCUT2D eigenvalue weighted by Crippen LogP contribution is 2.20. The summed E-state index contributed by atoms with van der Waals surface area (Å²) in [5, 5.41) is 8.07. The van der Waals surface area contributed by atoms with E-state index < -0.39 is 0 Å². The van der Waals surface area contributed by atoms with Crippen LogP contribution in [-0.4, -0.2) is 45.7 Å². The lowest BCUT2D eigenvalue weighted by Gasteiger charge is -2.17. The van der Waals surface area contributed by atoms with E-state index in [0.717, 1.165) is 36.7 Å². The van der Waals surface area contributed by atoms with Gasteiger partial charge in [0.15, 0.2) is 0 Å². The van der Waals surface area contributed by atoms with Gasteiger partial charge in [-0.2, -0.15) is 5.10 Å². The van der Waals surface area contributed by atoms with Crippen molar-refractivity contribution in [1.29, 1.82) is 0 Å². The highest BCUT2D eigenvalue weighted by molar-refractivity contribution is 7.10. The second kappa shape index (κ2) is 6.08. The molecule has 0 saturated carbocycles. The Balaban J connectivity index is 1.77. The minimum absolute atomic E-state index is 0.183. The van der Waals surface area contributed by atoms with Gasteiger partial charge < -0.3 is 9.64 Å². The first-order valence-corrected chi connectivity index (χ1v) is 7.64. The third kappa shape index (κ3) is 3.07. The highest BCUT2D eigenvalue weighted by atomic mass is 35.5. The maximum Gasteiger partial charge on any atom is 0.269 e. The molecule has 2 aromatic rings. The zero-order chi connectivity index (χ0) is 14.8. The number of anilines is 1. The summed E-state index contributed by atoms with van der Waals surface area (Å²) in [5.41, 5.74) is 1.19. The Bertz CT molecular complexity index is 688. The van der Waals surface area contributed by atoms with Crippen LogP contribution in [0.3, 0.4) is 0 Å². The van der Waals surface area contributed by atoms with Gasteiger partial charge in [-0.25, -0.2) is 4.68 Å². The maximum absolute atomic E-state index is 12.1. The third-order valence-electron chi connectivity index (χ3n) is 3.51. The quantitative estimate of drug-likeness (QED) is 0.835. The van der Waals surface area contributed by atoms with Gasteiger partial charge >= 0.3 is 0 Å². The molecule has 0 spiro atoms. The topological polar surface area (TPSA) is 73.1 Å². The largest absolute Gasteiger partial charge is 0.380 e. The van der Waals surface area contributed by atoms with Gasteiger partial charge in [-0.05, 0) is 6.42 Å². The molecular weight excluding hydrogens is 314 g/mol. The summed E-state index contributed by atoms with van der Waals surface area (Å²) in [7, 11) is 1.70. The molecule has 2 aromatic heterocycles. The van der Waals surface area contributed by atoms with Gasteiger partial charge in [-0.15, -0.1) is 5.10 Å². The molecule has 0 bridgehead atoms. The van der Waals surface area contributed by atoms with Crippen molar-refractivity contribution in [3.8, 4) is 0 Å². The van der Waals surface area contributed by atoms with Crippen LogP contribution in [-0.2, 0) is 11.3 Å². The van der Waals surface area contributed by atoms with Crippen molar-refractivity contribution < 1.29 is 4.74 Å². The van der Waals surface area contributed by atoms with Crippen LogP contribution in [0.2, 0.25) is 4.34 Å². The number of hydrogen-bond acceptors (Lipinski definition) is 7. The lowest BCUT2D eigenvalue weighted by molar-refractivity contribution is 0.121. The summed E-state index contributed by atoms with van der Waals surface area (Å²) in [6.45, 7) is 1.88. The number of rotatable bonds is 4. The minimum Gasteiger partial charge on any atom is -0.380 e. The second-order valence-electron chi connectivity index (χ2n) is 4.80. The molecule has 1 atom stereocenters. The van der Waals surface area contributed by atoms with Crippen LogP contribution in [0.25, 0.3) is 0 Å². The first-order chi connectivity index (χ1) is 10.2. The summed E-state index contributed by atoms with van der Waals surface area (Å²) < 4.78 is 10.9. The molecule has 1 aliphatic rings. The van der Waals surface area contributed by atoms with Gasteiger partial charge in [-0.1, -0.05) is 16.1 Å². The number of ether oxygens (including phenoxy) is 1. The Morgan fingerprint density at radius 3 is 3.05 bits per heavy atom. The zero-order valence-corrected chi connectivity index (χ0v) is 13.0. The molecule has 1 fully saturated rings. The molecule has 112 valence electrons. The van der Waals surface area contributed by atoms with Crippen molar-refractivity contribution >= 4 is 28.8 Å². The SMILES string of the molecule is COC1CCN(c2cnn(Cc3nnsc3Cl)c(=O)c2)C1. The fourth-order valence-corrected chi connectivity index (χ4v) is 2.92. The zero-order valence-electron chi connectivity index (χ0n) is 11.4. The molecule has 1 saturated heterocycles. The molecular formula is C12H14ClN5O2S. The molecule has 0 amide bonds. The Kier molecular flexibility index (Phi) is 4.18. The molecule has 0 aliphatic carbocycles.